The van der Waals surface area contributed by atoms with Crippen LogP contribution in [0.3, 0.4) is 0 Å². The van der Waals surface area contributed by atoms with Crippen molar-refractivity contribution in [1.29, 1.82) is 0 Å². The number of β-lactam (4-membered cyclic amide) rings is 1. The number of ether oxygens (including phenoxy) is 1. The average Bonchev–Trinajstić information content (AvgIpc) is 2.93. The van der Waals surface area contributed by atoms with Crippen LogP contribution in [0.1, 0.15) is 33.3 Å². The Morgan fingerprint density at radius 3 is 2.38 bits per heavy atom. The summed E-state index contributed by atoms with van der Waals surface area (Å²) in [5, 5.41) is 10.9. The van der Waals surface area contributed by atoms with Gasteiger partial charge in [-0.25, -0.2) is 4.79 Å². The molecular weight excluding hydrogens is 453 g/mol. The van der Waals surface area contributed by atoms with Crippen LogP contribution in [-0.4, -0.2) is 61.4 Å². The third-order valence-electron chi connectivity index (χ3n) is 5.52. The fourth-order valence-electron chi connectivity index (χ4n) is 3.93. The lowest BCUT2D eigenvalue weighted by atomic mass is 9.81. The maximum atomic E-state index is 13.2. The zero-order valence-electron chi connectivity index (χ0n) is 17.5. The standard InChI is InChI=1S/C20H21F3N2O6S/c1-9(31-12-8-6-5-7-11(12)20(21,22)23)14(27)24-19(10(2)26)16(30)25-13(15(28)29)18(3,4)32-17(19)25/h5-9,13,17H,1-4H3,(H,24,27)(H,28,29)/t9?,13-,17+,19-/m0/s1. The second-order valence-electron chi connectivity index (χ2n) is 8.13. The van der Waals surface area contributed by atoms with E-state index in [9.17, 15) is 37.5 Å². The highest BCUT2D eigenvalue weighted by atomic mass is 32.2. The van der Waals surface area contributed by atoms with Gasteiger partial charge in [0, 0.05) is 4.75 Å². The molecule has 2 N–H and O–H groups in total. The number of fused-ring (bicyclic) bond motifs is 1. The molecule has 4 atom stereocenters. The van der Waals surface area contributed by atoms with Crippen molar-refractivity contribution in [3.63, 3.8) is 0 Å². The van der Waals surface area contributed by atoms with Gasteiger partial charge in [0.1, 0.15) is 17.2 Å². The number of halogens is 3. The smallest absolute Gasteiger partial charge is 0.419 e. The molecule has 1 aromatic rings. The Bertz CT molecular complexity index is 998. The summed E-state index contributed by atoms with van der Waals surface area (Å²) in [6, 6.07) is 3.12. The normalized spacial score (nSPS) is 27.2. The first kappa shape index (κ1) is 23.9. The number of thioether (sulfide) groups is 1. The number of nitrogens with one attached hydrogen (secondary N) is 1. The Balaban J connectivity index is 1.84. The van der Waals surface area contributed by atoms with E-state index in [0.29, 0.717) is 0 Å². The molecule has 0 radical (unpaired) electrons. The van der Waals surface area contributed by atoms with E-state index in [1.54, 1.807) is 13.8 Å². The van der Waals surface area contributed by atoms with Crippen LogP contribution in [0.2, 0.25) is 0 Å². The molecule has 2 fully saturated rings. The monoisotopic (exact) mass is 474 g/mol. The van der Waals surface area contributed by atoms with Gasteiger partial charge in [-0.05, 0) is 39.8 Å². The average molecular weight is 474 g/mol. The summed E-state index contributed by atoms with van der Waals surface area (Å²) in [6.45, 7) is 5.48. The molecule has 2 amide bonds. The van der Waals surface area contributed by atoms with Gasteiger partial charge >= 0.3 is 12.1 Å². The topological polar surface area (TPSA) is 113 Å². The van der Waals surface area contributed by atoms with Gasteiger partial charge in [-0.1, -0.05) is 12.1 Å². The number of alkyl halides is 3. The second-order valence-corrected chi connectivity index (χ2v) is 9.87. The Morgan fingerprint density at radius 2 is 1.84 bits per heavy atom. The number of carbonyl (C=O) groups is 4. The van der Waals surface area contributed by atoms with Crippen LogP contribution in [0.5, 0.6) is 5.75 Å². The number of ketones is 1. The Hall–Kier alpha value is -2.76. The van der Waals surface area contributed by atoms with Gasteiger partial charge < -0.3 is 20.1 Å². The van der Waals surface area contributed by atoms with Crippen molar-refractivity contribution >= 4 is 35.3 Å². The van der Waals surface area contributed by atoms with E-state index in [0.717, 1.165) is 35.7 Å². The van der Waals surface area contributed by atoms with E-state index in [1.165, 1.54) is 19.1 Å². The predicted molar refractivity (Wildman–Crippen MR) is 107 cm³/mol. The largest absolute Gasteiger partial charge is 0.480 e. The summed E-state index contributed by atoms with van der Waals surface area (Å²) in [5.41, 5.74) is -3.10. The maximum Gasteiger partial charge on any atom is 0.419 e. The third-order valence-corrected chi connectivity index (χ3v) is 7.16. The van der Waals surface area contributed by atoms with Crippen molar-refractivity contribution in [3.8, 4) is 5.75 Å². The van der Waals surface area contributed by atoms with E-state index in [4.69, 9.17) is 4.74 Å². The second kappa shape index (κ2) is 7.68. The number of rotatable bonds is 6. The Kier molecular flexibility index (Phi) is 5.73. The highest BCUT2D eigenvalue weighted by Crippen LogP contribution is 2.55. The molecule has 3 rings (SSSR count). The van der Waals surface area contributed by atoms with Crippen molar-refractivity contribution < 1.29 is 42.2 Å². The van der Waals surface area contributed by atoms with Gasteiger partial charge in [0.2, 0.25) is 5.54 Å². The van der Waals surface area contributed by atoms with E-state index >= 15 is 0 Å². The lowest BCUT2D eigenvalue weighted by Gasteiger charge is -2.51. The van der Waals surface area contributed by atoms with Gasteiger partial charge in [-0.2, -0.15) is 13.2 Å². The number of Topliss-reactive ketones (excluding diaryl/α,β-unsaturated/α-hetero) is 1. The van der Waals surface area contributed by atoms with Crippen molar-refractivity contribution in [1.82, 2.24) is 10.2 Å². The molecule has 2 saturated heterocycles. The highest BCUT2D eigenvalue weighted by molar-refractivity contribution is 8.01. The minimum absolute atomic E-state index is 0.580. The quantitative estimate of drug-likeness (QED) is 0.479. The number of carboxylic acid groups (broad SMARTS) is 1. The molecule has 2 heterocycles. The zero-order valence-corrected chi connectivity index (χ0v) is 18.3. The maximum absolute atomic E-state index is 13.2. The number of aliphatic carboxylic acids is 1. The Morgan fingerprint density at radius 1 is 1.25 bits per heavy atom. The fourth-order valence-corrected chi connectivity index (χ4v) is 5.68. The minimum Gasteiger partial charge on any atom is -0.480 e. The van der Waals surface area contributed by atoms with Crippen LogP contribution in [0.25, 0.3) is 0 Å². The number of para-hydroxylation sites is 1. The van der Waals surface area contributed by atoms with Crippen LogP contribution in [0, 0.1) is 0 Å². The molecule has 0 aromatic heterocycles. The van der Waals surface area contributed by atoms with Crippen molar-refractivity contribution in [3.05, 3.63) is 29.8 Å². The molecule has 8 nitrogen and oxygen atoms in total. The molecule has 1 unspecified atom stereocenters. The molecule has 2 aliphatic rings. The molecule has 12 heteroatoms. The first-order valence-corrected chi connectivity index (χ1v) is 10.4. The molecule has 32 heavy (non-hydrogen) atoms. The van der Waals surface area contributed by atoms with Crippen LogP contribution >= 0.6 is 11.8 Å². The van der Waals surface area contributed by atoms with Gasteiger partial charge in [0.15, 0.2) is 11.9 Å². The summed E-state index contributed by atoms with van der Waals surface area (Å²) < 4.78 is 43.8. The zero-order chi connectivity index (χ0) is 24.2. The third kappa shape index (κ3) is 3.59. The van der Waals surface area contributed by atoms with Gasteiger partial charge in [0.25, 0.3) is 11.8 Å². The van der Waals surface area contributed by atoms with Crippen LogP contribution < -0.4 is 10.1 Å². The van der Waals surface area contributed by atoms with Crippen LogP contribution in [0.4, 0.5) is 13.2 Å². The van der Waals surface area contributed by atoms with E-state index < -0.39 is 68.9 Å². The number of carboxylic acids is 1. The number of nitrogens with zero attached hydrogens (tertiary/aromatic N) is 1. The van der Waals surface area contributed by atoms with E-state index in [-0.39, 0.29) is 0 Å². The molecule has 2 aliphatic heterocycles. The summed E-state index contributed by atoms with van der Waals surface area (Å²) in [7, 11) is 0. The van der Waals surface area contributed by atoms with Crippen molar-refractivity contribution in [2.45, 2.75) is 61.7 Å². The molecular formula is C20H21F3N2O6S. The van der Waals surface area contributed by atoms with Crippen LogP contribution in [-0.2, 0) is 25.4 Å². The number of hydrogen-bond donors (Lipinski definition) is 2. The molecule has 0 saturated carbocycles. The summed E-state index contributed by atoms with van der Waals surface area (Å²) in [6.07, 6.45) is -6.19. The molecule has 1 aromatic carbocycles. The minimum atomic E-state index is -4.71. The first-order chi connectivity index (χ1) is 14.6. The number of hydrogen-bond acceptors (Lipinski definition) is 6. The summed E-state index contributed by atoms with van der Waals surface area (Å²) in [5.74, 6) is -4.40. The number of amides is 2. The van der Waals surface area contributed by atoms with Gasteiger partial charge in [-0.15, -0.1) is 11.8 Å². The summed E-state index contributed by atoms with van der Waals surface area (Å²) >= 11 is 1.06. The molecule has 0 bridgehead atoms. The number of benzene rings is 1. The van der Waals surface area contributed by atoms with Crippen molar-refractivity contribution in [2.24, 2.45) is 0 Å². The van der Waals surface area contributed by atoms with Gasteiger partial charge in [-0.3, -0.25) is 14.4 Å². The van der Waals surface area contributed by atoms with Crippen LogP contribution in [0.15, 0.2) is 24.3 Å². The van der Waals surface area contributed by atoms with E-state index in [2.05, 4.69) is 5.32 Å². The molecule has 174 valence electrons. The Labute approximate surface area is 185 Å². The van der Waals surface area contributed by atoms with E-state index in [1.807, 2.05) is 0 Å². The number of carbonyl (C=O) groups excluding carboxylic acids is 3. The lowest BCUT2D eigenvalue weighted by Crippen LogP contribution is -2.82. The fraction of sp³-hybridized carbons (Fsp3) is 0.500. The SMILES string of the molecule is CC(=O)[C@]1(NC(=O)C(C)Oc2ccccc2C(F)(F)F)C(=O)N2[C@@H](C(=O)O)C(C)(C)S[C@@H]21. The van der Waals surface area contributed by atoms with Gasteiger partial charge in [0.05, 0.1) is 5.56 Å². The lowest BCUT2D eigenvalue weighted by molar-refractivity contribution is -0.172. The predicted octanol–water partition coefficient (Wildman–Crippen LogP) is 2.06. The molecule has 0 spiro atoms. The molecule has 0 aliphatic carbocycles. The van der Waals surface area contributed by atoms with Crippen molar-refractivity contribution in [2.75, 3.05) is 0 Å². The highest BCUT2D eigenvalue weighted by Gasteiger charge is 2.74. The summed E-state index contributed by atoms with van der Waals surface area (Å²) in [4.78, 5) is 50.9. The first-order valence-electron chi connectivity index (χ1n) is 9.54.